The van der Waals surface area contributed by atoms with Crippen molar-refractivity contribution in [3.63, 3.8) is 0 Å². The van der Waals surface area contributed by atoms with Crippen molar-refractivity contribution in [2.75, 3.05) is 0 Å². The summed E-state index contributed by atoms with van der Waals surface area (Å²) in [6.45, 7) is 0. The summed E-state index contributed by atoms with van der Waals surface area (Å²) in [7, 11) is 0. The van der Waals surface area contributed by atoms with Crippen LogP contribution in [-0.4, -0.2) is 4.40 Å². The molecule has 0 saturated carbocycles. The van der Waals surface area contributed by atoms with E-state index in [9.17, 15) is 4.79 Å². The molecule has 212 valence electrons. The topological polar surface area (TPSA) is 21.5 Å². The van der Waals surface area contributed by atoms with Crippen LogP contribution in [-0.2, 0) is 5.41 Å². The fourth-order valence-electron chi connectivity index (χ4n) is 9.03. The van der Waals surface area contributed by atoms with Gasteiger partial charge in [-0.1, -0.05) is 127 Å². The van der Waals surface area contributed by atoms with Gasteiger partial charge in [-0.15, -0.1) is 0 Å². The summed E-state index contributed by atoms with van der Waals surface area (Å²) in [5.74, 6) is 0. The Labute approximate surface area is 264 Å². The highest BCUT2D eigenvalue weighted by molar-refractivity contribution is 6.27. The minimum atomic E-state index is -0.467. The zero-order chi connectivity index (χ0) is 30.1. The lowest BCUT2D eigenvalue weighted by atomic mass is 9.70. The van der Waals surface area contributed by atoms with Gasteiger partial charge in [0.25, 0.3) is 5.56 Å². The molecular formula is C44H25NO. The summed E-state index contributed by atoms with van der Waals surface area (Å²) in [4.78, 5) is 14.4. The van der Waals surface area contributed by atoms with Crippen LogP contribution in [0.5, 0.6) is 0 Å². The Morgan fingerprint density at radius 3 is 1.74 bits per heavy atom. The first-order valence-electron chi connectivity index (χ1n) is 15.9. The van der Waals surface area contributed by atoms with Crippen LogP contribution in [0.3, 0.4) is 0 Å². The molecule has 0 amide bonds. The number of nitrogens with zero attached hydrogens (tertiary/aromatic N) is 1. The third kappa shape index (κ3) is 2.69. The first kappa shape index (κ1) is 24.3. The van der Waals surface area contributed by atoms with E-state index in [-0.39, 0.29) is 5.56 Å². The molecule has 2 nitrogen and oxygen atoms in total. The normalized spacial score (nSPS) is 13.9. The second-order valence-corrected chi connectivity index (χ2v) is 12.7. The van der Waals surface area contributed by atoms with E-state index in [2.05, 4.69) is 140 Å². The number of fused-ring (bicyclic) bond motifs is 16. The molecule has 46 heavy (non-hydrogen) atoms. The van der Waals surface area contributed by atoms with Crippen LogP contribution < -0.4 is 5.56 Å². The van der Waals surface area contributed by atoms with E-state index < -0.39 is 5.41 Å². The third-order valence-electron chi connectivity index (χ3n) is 10.7. The molecule has 1 spiro atoms. The van der Waals surface area contributed by atoms with Crippen LogP contribution >= 0.6 is 0 Å². The molecule has 0 radical (unpaired) electrons. The Kier molecular flexibility index (Phi) is 4.43. The molecule has 0 saturated heterocycles. The van der Waals surface area contributed by atoms with E-state index in [1.807, 2.05) is 16.5 Å². The van der Waals surface area contributed by atoms with Crippen molar-refractivity contribution in [1.29, 1.82) is 0 Å². The lowest BCUT2D eigenvalue weighted by Crippen LogP contribution is -2.26. The van der Waals surface area contributed by atoms with E-state index in [0.29, 0.717) is 0 Å². The number of pyridine rings is 1. The van der Waals surface area contributed by atoms with Gasteiger partial charge in [-0.3, -0.25) is 9.20 Å². The highest BCUT2D eigenvalue weighted by Crippen LogP contribution is 2.64. The summed E-state index contributed by atoms with van der Waals surface area (Å²) in [6, 6.07) is 54.6. The van der Waals surface area contributed by atoms with Gasteiger partial charge >= 0.3 is 0 Å². The second-order valence-electron chi connectivity index (χ2n) is 12.7. The second kappa shape index (κ2) is 8.38. The molecule has 2 aliphatic carbocycles. The van der Waals surface area contributed by atoms with Gasteiger partial charge in [-0.2, -0.15) is 0 Å². The van der Waals surface area contributed by atoms with Crippen LogP contribution in [0.2, 0.25) is 0 Å². The maximum absolute atomic E-state index is 14.4. The maximum atomic E-state index is 14.4. The summed E-state index contributed by atoms with van der Waals surface area (Å²) in [6.07, 6.45) is 0. The predicted octanol–water partition coefficient (Wildman–Crippen LogP) is 10.2. The molecule has 0 N–H and O–H groups in total. The van der Waals surface area contributed by atoms with Gasteiger partial charge in [0, 0.05) is 21.5 Å². The third-order valence-corrected chi connectivity index (χ3v) is 10.7. The number of benzene rings is 7. The Bertz CT molecular complexity index is 2780. The summed E-state index contributed by atoms with van der Waals surface area (Å²) < 4.78 is 1.99. The van der Waals surface area contributed by atoms with E-state index in [1.54, 1.807) is 0 Å². The van der Waals surface area contributed by atoms with Crippen LogP contribution in [0.1, 0.15) is 22.3 Å². The molecule has 0 aliphatic heterocycles. The van der Waals surface area contributed by atoms with Crippen molar-refractivity contribution < 1.29 is 0 Å². The molecule has 11 rings (SSSR count). The number of hydrogen-bond acceptors (Lipinski definition) is 1. The standard InChI is InChI=1S/C44H25NO/c46-43-31-17-5-4-14-28(31)33-25-38-40(41-34-24-27(26-12-2-1-3-13-26)22-23-39(34)45(43)42(33)41)32-18-8-11-21-37(32)44(38)35-19-9-6-15-29(35)30-16-7-10-20-36(30)44/h1-25H. The lowest BCUT2D eigenvalue weighted by molar-refractivity contribution is 0.795. The Hall–Kier alpha value is -5.99. The van der Waals surface area contributed by atoms with Crippen LogP contribution in [0.4, 0.5) is 0 Å². The van der Waals surface area contributed by atoms with Crippen LogP contribution in [0.25, 0.3) is 71.3 Å². The molecule has 0 bridgehead atoms. The molecule has 0 unspecified atom stereocenters. The summed E-state index contributed by atoms with van der Waals surface area (Å²) >= 11 is 0. The molecule has 2 heterocycles. The average Bonchev–Trinajstić information content (AvgIpc) is 3.73. The molecule has 2 aliphatic rings. The van der Waals surface area contributed by atoms with Crippen molar-refractivity contribution in [2.24, 2.45) is 0 Å². The van der Waals surface area contributed by atoms with Gasteiger partial charge in [-0.05, 0) is 85.3 Å². The minimum absolute atomic E-state index is 0.0352. The molecule has 7 aromatic carbocycles. The fraction of sp³-hybridized carbons (Fsp3) is 0.0227. The van der Waals surface area contributed by atoms with E-state index in [0.717, 1.165) is 49.1 Å². The molecular weight excluding hydrogens is 558 g/mol. The van der Waals surface area contributed by atoms with Gasteiger partial charge in [0.05, 0.1) is 16.4 Å². The minimum Gasteiger partial charge on any atom is -0.275 e. The maximum Gasteiger partial charge on any atom is 0.263 e. The van der Waals surface area contributed by atoms with Crippen molar-refractivity contribution >= 4 is 38.0 Å². The molecule has 9 aromatic rings. The van der Waals surface area contributed by atoms with Gasteiger partial charge in [0.15, 0.2) is 0 Å². The summed E-state index contributed by atoms with van der Waals surface area (Å²) in [5.41, 5.74) is 14.1. The quantitative estimate of drug-likeness (QED) is 0.176. The summed E-state index contributed by atoms with van der Waals surface area (Å²) in [5, 5.41) is 5.15. The SMILES string of the molecule is O=c1c2ccccc2c2cc3c(c4c5cc(-c6ccccc6)ccc5n1c24)-c1ccccc1C31c2ccccc2-c2ccccc21. The lowest BCUT2D eigenvalue weighted by Gasteiger charge is -2.30. The molecule has 2 aromatic heterocycles. The number of hydrogen-bond donors (Lipinski definition) is 0. The van der Waals surface area contributed by atoms with Crippen LogP contribution in [0, 0.1) is 0 Å². The van der Waals surface area contributed by atoms with E-state index in [4.69, 9.17) is 0 Å². The van der Waals surface area contributed by atoms with Gasteiger partial charge in [0.2, 0.25) is 0 Å². The zero-order valence-electron chi connectivity index (χ0n) is 24.8. The van der Waals surface area contributed by atoms with E-state index in [1.165, 1.54) is 44.5 Å². The van der Waals surface area contributed by atoms with Crippen molar-refractivity contribution in [3.8, 4) is 33.4 Å². The van der Waals surface area contributed by atoms with Crippen molar-refractivity contribution in [1.82, 2.24) is 4.40 Å². The predicted molar refractivity (Wildman–Crippen MR) is 189 cm³/mol. The van der Waals surface area contributed by atoms with Gasteiger partial charge in [0.1, 0.15) is 0 Å². The average molecular weight is 584 g/mol. The Balaban J connectivity index is 1.43. The van der Waals surface area contributed by atoms with Gasteiger partial charge in [-0.25, -0.2) is 0 Å². The highest BCUT2D eigenvalue weighted by Gasteiger charge is 2.52. The molecule has 0 fully saturated rings. The first-order chi connectivity index (χ1) is 22.8. The number of aromatic nitrogens is 1. The molecule has 2 heteroatoms. The van der Waals surface area contributed by atoms with Gasteiger partial charge < -0.3 is 0 Å². The first-order valence-corrected chi connectivity index (χ1v) is 15.9. The smallest absolute Gasteiger partial charge is 0.263 e. The van der Waals surface area contributed by atoms with Crippen LogP contribution in [0.15, 0.2) is 156 Å². The molecule has 0 atom stereocenters. The Morgan fingerprint density at radius 2 is 1.02 bits per heavy atom. The monoisotopic (exact) mass is 583 g/mol. The fourth-order valence-corrected chi connectivity index (χ4v) is 9.03. The highest BCUT2D eigenvalue weighted by atomic mass is 16.1. The van der Waals surface area contributed by atoms with Crippen molar-refractivity contribution in [2.45, 2.75) is 5.41 Å². The largest absolute Gasteiger partial charge is 0.275 e. The van der Waals surface area contributed by atoms with E-state index >= 15 is 0 Å². The Morgan fingerprint density at radius 1 is 0.435 bits per heavy atom. The number of rotatable bonds is 1. The van der Waals surface area contributed by atoms with Crippen molar-refractivity contribution in [3.05, 3.63) is 184 Å². The zero-order valence-corrected chi connectivity index (χ0v) is 24.8.